The summed E-state index contributed by atoms with van der Waals surface area (Å²) in [4.78, 5) is 25.1. The van der Waals surface area contributed by atoms with E-state index >= 15 is 0 Å². The van der Waals surface area contributed by atoms with Crippen LogP contribution in [0.2, 0.25) is 0 Å². The summed E-state index contributed by atoms with van der Waals surface area (Å²) in [5, 5.41) is 5.52. The molecular weight excluding hydrogens is 328 g/mol. The first-order chi connectivity index (χ1) is 11.5. The molecular formula is C17H20N2O4S. The van der Waals surface area contributed by atoms with Crippen LogP contribution in [0.25, 0.3) is 0 Å². The number of ketones is 1. The Morgan fingerprint density at radius 2 is 1.92 bits per heavy atom. The highest BCUT2D eigenvalue weighted by molar-refractivity contribution is 7.14. The maximum Gasteiger partial charge on any atom is 0.319 e. The van der Waals surface area contributed by atoms with Crippen LogP contribution in [0.4, 0.5) is 10.5 Å². The lowest BCUT2D eigenvalue weighted by Gasteiger charge is -2.13. The number of amides is 2. The van der Waals surface area contributed by atoms with E-state index in [1.54, 1.807) is 25.1 Å². The Labute approximate surface area is 144 Å². The topological polar surface area (TPSA) is 76.7 Å². The molecule has 1 aromatic carbocycles. The Hall–Kier alpha value is -2.54. The van der Waals surface area contributed by atoms with Crippen molar-refractivity contribution >= 4 is 28.8 Å². The molecule has 0 aliphatic carbocycles. The summed E-state index contributed by atoms with van der Waals surface area (Å²) in [6, 6.07) is 8.65. The lowest BCUT2D eigenvalue weighted by molar-refractivity contribution is 0.102. The number of methoxy groups -OCH3 is 2. The third kappa shape index (κ3) is 4.48. The Kier molecular flexibility index (Phi) is 6.20. The molecule has 0 spiro atoms. The summed E-state index contributed by atoms with van der Waals surface area (Å²) in [7, 11) is 3.06. The molecule has 0 fully saturated rings. The summed E-state index contributed by atoms with van der Waals surface area (Å²) in [6.07, 6.45) is 0.667. The minimum Gasteiger partial charge on any atom is -0.493 e. The fourth-order valence-corrected chi connectivity index (χ4v) is 3.06. The van der Waals surface area contributed by atoms with E-state index in [4.69, 9.17) is 9.47 Å². The molecule has 6 nitrogen and oxygen atoms in total. The zero-order chi connectivity index (χ0) is 17.5. The fourth-order valence-electron chi connectivity index (χ4n) is 2.15. The second-order valence-electron chi connectivity index (χ2n) is 4.99. The van der Waals surface area contributed by atoms with Crippen LogP contribution < -0.4 is 20.1 Å². The van der Waals surface area contributed by atoms with Gasteiger partial charge in [0.05, 0.1) is 24.8 Å². The molecule has 2 amide bonds. The molecule has 1 aromatic heterocycles. The molecule has 0 aliphatic rings. The zero-order valence-electron chi connectivity index (χ0n) is 13.8. The van der Waals surface area contributed by atoms with Gasteiger partial charge in [-0.1, -0.05) is 6.07 Å². The number of thiophene rings is 1. The van der Waals surface area contributed by atoms with E-state index in [2.05, 4.69) is 10.6 Å². The highest BCUT2D eigenvalue weighted by atomic mass is 32.1. The number of carbonyl (C=O) groups is 2. The van der Waals surface area contributed by atoms with Crippen molar-refractivity contribution in [2.24, 2.45) is 0 Å². The van der Waals surface area contributed by atoms with Gasteiger partial charge in [0.2, 0.25) is 0 Å². The first-order valence-electron chi connectivity index (χ1n) is 7.40. The summed E-state index contributed by atoms with van der Waals surface area (Å²) < 4.78 is 10.5. The summed E-state index contributed by atoms with van der Waals surface area (Å²) in [5.74, 6) is 1.08. The molecule has 0 radical (unpaired) electrons. The molecule has 2 rings (SSSR count). The minimum atomic E-state index is -0.329. The van der Waals surface area contributed by atoms with Crippen molar-refractivity contribution in [1.82, 2.24) is 5.32 Å². The average molecular weight is 348 g/mol. The van der Waals surface area contributed by atoms with Gasteiger partial charge in [-0.15, -0.1) is 11.3 Å². The van der Waals surface area contributed by atoms with E-state index < -0.39 is 0 Å². The first kappa shape index (κ1) is 17.8. The highest BCUT2D eigenvalue weighted by Crippen LogP contribution is 2.34. The van der Waals surface area contributed by atoms with E-state index in [1.807, 2.05) is 12.1 Å². The van der Waals surface area contributed by atoms with Crippen LogP contribution >= 0.6 is 11.3 Å². The van der Waals surface area contributed by atoms with Gasteiger partial charge in [-0.3, -0.25) is 4.79 Å². The summed E-state index contributed by atoms with van der Waals surface area (Å²) in [6.45, 7) is 2.01. The van der Waals surface area contributed by atoms with Crippen LogP contribution in [-0.2, 0) is 6.42 Å². The average Bonchev–Trinajstić information content (AvgIpc) is 3.03. The Bertz CT molecular complexity index is 727. The van der Waals surface area contributed by atoms with Crippen molar-refractivity contribution in [3.63, 3.8) is 0 Å². The second-order valence-corrected chi connectivity index (χ2v) is 6.16. The predicted octanol–water partition coefficient (Wildman–Crippen LogP) is 3.33. The number of benzene rings is 1. The normalized spacial score (nSPS) is 10.1. The van der Waals surface area contributed by atoms with Crippen molar-refractivity contribution < 1.29 is 19.1 Å². The summed E-state index contributed by atoms with van der Waals surface area (Å²) in [5.41, 5.74) is 0.532. The standard InChI is InChI=1S/C17H20N2O4S/c1-11(20)15-8-7-12(24-15)9-10-18-17(21)19-13-5-4-6-14(22-2)16(13)23-3/h4-8H,9-10H2,1-3H3,(H2,18,19,21). The van der Waals surface area contributed by atoms with Crippen LogP contribution in [0.3, 0.4) is 0 Å². The second kappa shape index (κ2) is 8.35. The number of nitrogens with one attached hydrogen (secondary N) is 2. The first-order valence-corrected chi connectivity index (χ1v) is 8.22. The number of ether oxygens (including phenoxy) is 2. The lowest BCUT2D eigenvalue weighted by Crippen LogP contribution is -2.30. The van der Waals surface area contributed by atoms with Crippen LogP contribution in [0, 0.1) is 0 Å². The third-order valence-corrected chi connectivity index (χ3v) is 4.56. The number of Topliss-reactive ketones (excluding diaryl/α,β-unsaturated/α-hetero) is 1. The molecule has 2 aromatic rings. The van der Waals surface area contributed by atoms with E-state index in [9.17, 15) is 9.59 Å². The molecule has 7 heteroatoms. The minimum absolute atomic E-state index is 0.0575. The molecule has 1 heterocycles. The number of carbonyl (C=O) groups excluding carboxylic acids is 2. The molecule has 0 saturated heterocycles. The van der Waals surface area contributed by atoms with Crippen molar-refractivity contribution in [1.29, 1.82) is 0 Å². The fraction of sp³-hybridized carbons (Fsp3) is 0.294. The molecule has 0 aliphatic heterocycles. The van der Waals surface area contributed by atoms with Gasteiger partial charge in [0.15, 0.2) is 17.3 Å². The summed E-state index contributed by atoms with van der Waals surface area (Å²) >= 11 is 1.45. The van der Waals surface area contributed by atoms with E-state index in [1.165, 1.54) is 25.6 Å². The lowest BCUT2D eigenvalue weighted by atomic mass is 10.2. The van der Waals surface area contributed by atoms with E-state index in [0.717, 1.165) is 9.75 Å². The number of rotatable bonds is 7. The molecule has 2 N–H and O–H groups in total. The highest BCUT2D eigenvalue weighted by Gasteiger charge is 2.12. The van der Waals surface area contributed by atoms with Gasteiger partial charge in [-0.25, -0.2) is 4.79 Å². The maximum absolute atomic E-state index is 12.0. The van der Waals surface area contributed by atoms with Gasteiger partial charge in [0.1, 0.15) is 0 Å². The van der Waals surface area contributed by atoms with E-state index in [0.29, 0.717) is 30.2 Å². The number of urea groups is 1. The Morgan fingerprint density at radius 1 is 1.12 bits per heavy atom. The van der Waals surface area contributed by atoms with E-state index in [-0.39, 0.29) is 11.8 Å². The van der Waals surface area contributed by atoms with Gasteiger partial charge in [-0.05, 0) is 37.6 Å². The van der Waals surface area contributed by atoms with Crippen LogP contribution in [-0.4, -0.2) is 32.6 Å². The Balaban J connectivity index is 1.88. The SMILES string of the molecule is COc1cccc(NC(=O)NCCc2ccc(C(C)=O)s2)c1OC. The van der Waals surface area contributed by atoms with Crippen molar-refractivity contribution in [2.45, 2.75) is 13.3 Å². The molecule has 0 unspecified atom stereocenters. The van der Waals surface area contributed by atoms with Gasteiger partial charge in [0.25, 0.3) is 0 Å². The molecule has 0 saturated carbocycles. The van der Waals surface area contributed by atoms with Crippen molar-refractivity contribution in [3.8, 4) is 11.5 Å². The predicted molar refractivity (Wildman–Crippen MR) is 94.6 cm³/mol. The smallest absolute Gasteiger partial charge is 0.319 e. The Morgan fingerprint density at radius 3 is 2.54 bits per heavy atom. The monoisotopic (exact) mass is 348 g/mol. The molecule has 0 bridgehead atoms. The van der Waals surface area contributed by atoms with Gasteiger partial charge < -0.3 is 20.1 Å². The number of anilines is 1. The van der Waals surface area contributed by atoms with Gasteiger partial charge in [-0.2, -0.15) is 0 Å². The van der Waals surface area contributed by atoms with Crippen LogP contribution in [0.5, 0.6) is 11.5 Å². The molecule has 0 atom stereocenters. The largest absolute Gasteiger partial charge is 0.493 e. The van der Waals surface area contributed by atoms with Crippen molar-refractivity contribution in [3.05, 3.63) is 40.1 Å². The van der Waals surface area contributed by atoms with Gasteiger partial charge in [0, 0.05) is 11.4 Å². The quantitative estimate of drug-likeness (QED) is 0.753. The van der Waals surface area contributed by atoms with Gasteiger partial charge >= 0.3 is 6.03 Å². The maximum atomic E-state index is 12.0. The van der Waals surface area contributed by atoms with Crippen molar-refractivity contribution in [2.75, 3.05) is 26.1 Å². The molecule has 128 valence electrons. The number of para-hydroxylation sites is 1. The number of hydrogen-bond donors (Lipinski definition) is 2. The third-order valence-electron chi connectivity index (χ3n) is 3.32. The van der Waals surface area contributed by atoms with Crippen LogP contribution in [0.1, 0.15) is 21.5 Å². The number of hydrogen-bond acceptors (Lipinski definition) is 5. The van der Waals surface area contributed by atoms with Crippen LogP contribution in [0.15, 0.2) is 30.3 Å². The zero-order valence-corrected chi connectivity index (χ0v) is 14.7. The molecule has 24 heavy (non-hydrogen) atoms.